The highest BCUT2D eigenvalue weighted by molar-refractivity contribution is 7.89. The number of esters is 1. The van der Waals surface area contributed by atoms with E-state index in [9.17, 15) is 17.6 Å². The summed E-state index contributed by atoms with van der Waals surface area (Å²) in [7, 11) is -2.89. The van der Waals surface area contributed by atoms with Gasteiger partial charge in [0.1, 0.15) is 5.82 Å². The lowest BCUT2D eigenvalue weighted by molar-refractivity contribution is 0.0596. The molecule has 0 spiro atoms. The van der Waals surface area contributed by atoms with Crippen LogP contribution in [0.2, 0.25) is 0 Å². The minimum atomic E-state index is -4.00. The largest absolute Gasteiger partial charge is 0.465 e. The molecule has 0 atom stereocenters. The monoisotopic (exact) mass is 312 g/mol. The highest BCUT2D eigenvalue weighted by Crippen LogP contribution is 2.18. The Morgan fingerprint density at radius 3 is 2.63 bits per heavy atom. The van der Waals surface area contributed by atoms with Gasteiger partial charge < -0.3 is 10.5 Å². The molecule has 0 aliphatic rings. The van der Waals surface area contributed by atoms with Crippen LogP contribution in [0, 0.1) is 5.82 Å². The number of benzene rings is 1. The first-order chi connectivity index (χ1) is 8.42. The van der Waals surface area contributed by atoms with E-state index in [0.29, 0.717) is 0 Å². The van der Waals surface area contributed by atoms with Crippen molar-refractivity contribution in [2.45, 2.75) is 4.90 Å². The number of ether oxygens (including phenoxy) is 1. The predicted molar refractivity (Wildman–Crippen MR) is 69.2 cm³/mol. The molecule has 19 heavy (non-hydrogen) atoms. The minimum absolute atomic E-state index is 0. The lowest BCUT2D eigenvalue weighted by Crippen LogP contribution is -2.30. The summed E-state index contributed by atoms with van der Waals surface area (Å²) in [5.41, 5.74) is 4.94. The molecule has 0 unspecified atom stereocenters. The molecule has 108 valence electrons. The molecule has 6 nitrogen and oxygen atoms in total. The quantitative estimate of drug-likeness (QED) is 0.761. The van der Waals surface area contributed by atoms with Crippen molar-refractivity contribution in [2.24, 2.45) is 5.73 Å². The zero-order valence-corrected chi connectivity index (χ0v) is 11.7. The van der Waals surface area contributed by atoms with E-state index in [4.69, 9.17) is 5.73 Å². The Morgan fingerprint density at radius 2 is 2.11 bits per heavy atom. The third kappa shape index (κ3) is 4.43. The molecule has 0 bridgehead atoms. The smallest absolute Gasteiger partial charge is 0.339 e. The third-order valence-corrected chi connectivity index (χ3v) is 3.58. The highest BCUT2D eigenvalue weighted by Gasteiger charge is 2.23. The summed E-state index contributed by atoms with van der Waals surface area (Å²) in [6, 6.07) is 2.79. The SMILES string of the molecule is COC(=O)c1ccc(F)cc1S(=O)(=O)NCCN.Cl. The van der Waals surface area contributed by atoms with Crippen LogP contribution in [-0.2, 0) is 14.8 Å². The van der Waals surface area contributed by atoms with Gasteiger partial charge >= 0.3 is 5.97 Å². The Labute approximate surface area is 116 Å². The lowest BCUT2D eigenvalue weighted by atomic mass is 10.2. The van der Waals surface area contributed by atoms with Crippen molar-refractivity contribution in [3.05, 3.63) is 29.6 Å². The van der Waals surface area contributed by atoms with Crippen molar-refractivity contribution < 1.29 is 22.3 Å². The van der Waals surface area contributed by atoms with Gasteiger partial charge in [0.15, 0.2) is 0 Å². The molecule has 0 aromatic heterocycles. The van der Waals surface area contributed by atoms with Crippen LogP contribution in [0.3, 0.4) is 0 Å². The number of sulfonamides is 1. The van der Waals surface area contributed by atoms with Gasteiger partial charge in [0.05, 0.1) is 17.6 Å². The Balaban J connectivity index is 0.00000324. The molecule has 1 rings (SSSR count). The van der Waals surface area contributed by atoms with E-state index in [-0.39, 0.29) is 31.1 Å². The average Bonchev–Trinajstić information content (AvgIpc) is 2.35. The molecule has 3 N–H and O–H groups in total. The van der Waals surface area contributed by atoms with E-state index in [1.807, 2.05) is 0 Å². The fraction of sp³-hybridized carbons (Fsp3) is 0.300. The molecular weight excluding hydrogens is 299 g/mol. The van der Waals surface area contributed by atoms with Crippen LogP contribution in [0.1, 0.15) is 10.4 Å². The van der Waals surface area contributed by atoms with Crippen LogP contribution in [0.25, 0.3) is 0 Å². The molecule has 0 fully saturated rings. The fourth-order valence-electron chi connectivity index (χ4n) is 1.27. The second-order valence-electron chi connectivity index (χ2n) is 3.32. The first kappa shape index (κ1) is 17.8. The number of hydrogen-bond acceptors (Lipinski definition) is 5. The number of nitrogens with one attached hydrogen (secondary N) is 1. The van der Waals surface area contributed by atoms with E-state index < -0.39 is 26.7 Å². The van der Waals surface area contributed by atoms with E-state index in [2.05, 4.69) is 9.46 Å². The number of methoxy groups -OCH3 is 1. The maximum atomic E-state index is 13.1. The Kier molecular flexibility index (Phi) is 6.91. The summed E-state index contributed by atoms with van der Waals surface area (Å²) in [6.07, 6.45) is 0. The maximum Gasteiger partial charge on any atom is 0.339 e. The van der Waals surface area contributed by atoms with Crippen molar-refractivity contribution in [3.8, 4) is 0 Å². The zero-order chi connectivity index (χ0) is 13.8. The predicted octanol–water partition coefficient (Wildman–Crippen LogP) is 0.271. The van der Waals surface area contributed by atoms with Crippen LogP contribution < -0.4 is 10.5 Å². The number of carbonyl (C=O) groups excluding carboxylic acids is 1. The third-order valence-electron chi connectivity index (χ3n) is 2.07. The molecule has 0 saturated heterocycles. The van der Waals surface area contributed by atoms with E-state index in [1.54, 1.807) is 0 Å². The number of hydrogen-bond donors (Lipinski definition) is 2. The second-order valence-corrected chi connectivity index (χ2v) is 5.05. The molecule has 0 amide bonds. The molecule has 0 saturated carbocycles. The average molecular weight is 313 g/mol. The maximum absolute atomic E-state index is 13.1. The molecule has 0 heterocycles. The summed E-state index contributed by atoms with van der Waals surface area (Å²) in [5, 5.41) is 0. The van der Waals surface area contributed by atoms with Crippen molar-refractivity contribution >= 4 is 28.4 Å². The Hall–Kier alpha value is -1.22. The molecule has 1 aromatic carbocycles. The molecule has 0 radical (unpaired) electrons. The Morgan fingerprint density at radius 1 is 1.47 bits per heavy atom. The minimum Gasteiger partial charge on any atom is -0.465 e. The van der Waals surface area contributed by atoms with Crippen LogP contribution in [0.15, 0.2) is 23.1 Å². The summed E-state index contributed by atoms with van der Waals surface area (Å²) < 4.78 is 43.4. The van der Waals surface area contributed by atoms with Crippen molar-refractivity contribution in [2.75, 3.05) is 20.2 Å². The van der Waals surface area contributed by atoms with Crippen LogP contribution in [0.4, 0.5) is 4.39 Å². The molecular formula is C10H14ClFN2O4S. The van der Waals surface area contributed by atoms with Crippen LogP contribution in [0.5, 0.6) is 0 Å². The normalized spacial score (nSPS) is 10.7. The number of carbonyl (C=O) groups is 1. The second kappa shape index (κ2) is 7.39. The summed E-state index contributed by atoms with van der Waals surface area (Å²) in [4.78, 5) is 10.9. The van der Waals surface area contributed by atoms with Crippen LogP contribution in [-0.4, -0.2) is 34.6 Å². The molecule has 9 heteroatoms. The van der Waals surface area contributed by atoms with Crippen molar-refractivity contribution in [1.29, 1.82) is 0 Å². The van der Waals surface area contributed by atoms with Gasteiger partial charge in [0.25, 0.3) is 0 Å². The van der Waals surface area contributed by atoms with Gasteiger partial charge in [-0.2, -0.15) is 0 Å². The van der Waals surface area contributed by atoms with Gasteiger partial charge in [0, 0.05) is 13.1 Å². The van der Waals surface area contributed by atoms with E-state index in [1.165, 1.54) is 0 Å². The fourth-order valence-corrected chi connectivity index (χ4v) is 2.52. The van der Waals surface area contributed by atoms with Gasteiger partial charge in [-0.05, 0) is 18.2 Å². The molecule has 0 aliphatic carbocycles. The lowest BCUT2D eigenvalue weighted by Gasteiger charge is -2.09. The van der Waals surface area contributed by atoms with Crippen molar-refractivity contribution in [1.82, 2.24) is 4.72 Å². The van der Waals surface area contributed by atoms with Gasteiger partial charge in [0.2, 0.25) is 10.0 Å². The summed E-state index contributed by atoms with van der Waals surface area (Å²) >= 11 is 0. The topological polar surface area (TPSA) is 98.5 Å². The first-order valence-corrected chi connectivity index (χ1v) is 6.48. The van der Waals surface area contributed by atoms with E-state index >= 15 is 0 Å². The van der Waals surface area contributed by atoms with Gasteiger partial charge in [-0.15, -0.1) is 12.4 Å². The summed E-state index contributed by atoms with van der Waals surface area (Å²) in [6.45, 7) is 0.0710. The van der Waals surface area contributed by atoms with Gasteiger partial charge in [-0.25, -0.2) is 22.3 Å². The number of halogens is 2. The van der Waals surface area contributed by atoms with Crippen LogP contribution >= 0.6 is 12.4 Å². The zero-order valence-electron chi connectivity index (χ0n) is 10.1. The Bertz CT molecular complexity index is 550. The standard InChI is InChI=1S/C10H13FN2O4S.ClH/c1-17-10(14)8-3-2-7(11)6-9(8)18(15,16)13-5-4-12;/h2-3,6,13H,4-5,12H2,1H3;1H. The van der Waals surface area contributed by atoms with Gasteiger partial charge in [-0.3, -0.25) is 0 Å². The molecule has 0 aliphatic heterocycles. The number of nitrogens with two attached hydrogens (primary N) is 1. The van der Waals surface area contributed by atoms with Crippen molar-refractivity contribution in [3.63, 3.8) is 0 Å². The summed E-state index contributed by atoms with van der Waals surface area (Å²) in [5.74, 6) is -1.63. The first-order valence-electron chi connectivity index (χ1n) is 5.00. The molecule has 1 aromatic rings. The van der Waals surface area contributed by atoms with Gasteiger partial charge in [-0.1, -0.05) is 0 Å². The number of rotatable bonds is 5. The highest BCUT2D eigenvalue weighted by atomic mass is 35.5. The van der Waals surface area contributed by atoms with E-state index in [0.717, 1.165) is 25.3 Å².